The van der Waals surface area contributed by atoms with Crippen molar-refractivity contribution in [2.24, 2.45) is 5.92 Å². The summed E-state index contributed by atoms with van der Waals surface area (Å²) in [5.41, 5.74) is -3.59. The third-order valence-electron chi connectivity index (χ3n) is 6.86. The van der Waals surface area contributed by atoms with E-state index < -0.39 is 64.9 Å². The molecule has 12 nitrogen and oxygen atoms in total. The molecule has 3 aromatic rings. The first-order valence-corrected chi connectivity index (χ1v) is 14.4. The number of nitrogens with one attached hydrogen (secondary N) is 1. The van der Waals surface area contributed by atoms with Gasteiger partial charge in [0.15, 0.2) is 6.73 Å². The molecule has 248 valence electrons. The highest BCUT2D eigenvalue weighted by atomic mass is 35.5. The van der Waals surface area contributed by atoms with Gasteiger partial charge in [-0.3, -0.25) is 9.59 Å². The third-order valence-corrected chi connectivity index (χ3v) is 7.21. The summed E-state index contributed by atoms with van der Waals surface area (Å²) < 4.78 is 66.8. The number of ketones is 1. The number of ether oxygens (including phenoxy) is 2. The molecule has 1 amide bonds. The molecule has 1 aliphatic heterocycles. The highest BCUT2D eigenvalue weighted by molar-refractivity contribution is 6.33. The van der Waals surface area contributed by atoms with Crippen molar-refractivity contribution in [1.29, 1.82) is 0 Å². The van der Waals surface area contributed by atoms with Crippen molar-refractivity contribution in [3.05, 3.63) is 74.4 Å². The smallest absolute Gasteiger partial charge is 0.417 e. The molecular weight excluding hydrogens is 640 g/mol. The number of carbonyl (C=O) groups excluding carboxylic acids is 3. The maximum absolute atomic E-state index is 13.6. The van der Waals surface area contributed by atoms with E-state index in [-0.39, 0.29) is 48.0 Å². The lowest BCUT2D eigenvalue weighted by Crippen LogP contribution is -2.47. The van der Waals surface area contributed by atoms with E-state index in [1.165, 1.54) is 10.8 Å². The maximum atomic E-state index is 13.6. The average Bonchev–Trinajstić information content (AvgIpc) is 3.38. The van der Waals surface area contributed by atoms with Crippen LogP contribution in [0.25, 0.3) is 0 Å². The first kappa shape index (κ1) is 34.4. The highest BCUT2D eigenvalue weighted by Gasteiger charge is 2.37. The molecule has 1 atom stereocenters. The Morgan fingerprint density at radius 3 is 2.43 bits per heavy atom. The molecule has 2 aromatic heterocycles. The maximum Gasteiger partial charge on any atom is 0.417 e. The molecule has 1 N–H and O–H groups in total. The third kappa shape index (κ3) is 7.66. The molecule has 1 aliphatic rings. The van der Waals surface area contributed by atoms with Crippen LogP contribution < -0.4 is 15.8 Å². The number of rotatable bonds is 8. The minimum Gasteiger partial charge on any atom is -0.444 e. The van der Waals surface area contributed by atoms with Gasteiger partial charge in [-0.25, -0.2) is 19.0 Å². The van der Waals surface area contributed by atoms with E-state index in [4.69, 9.17) is 21.1 Å². The summed E-state index contributed by atoms with van der Waals surface area (Å²) in [6, 6.07) is 0.759. The van der Waals surface area contributed by atoms with Gasteiger partial charge in [0.2, 0.25) is 5.78 Å². The van der Waals surface area contributed by atoms with Crippen molar-refractivity contribution in [2.45, 2.75) is 72.3 Å². The number of benzene rings is 1. The summed E-state index contributed by atoms with van der Waals surface area (Å²) in [4.78, 5) is 56.8. The SMILES string of the molecule is CC(C)C(NC(=O)OC(C)(C)C)C(=O)OCn1ncc(N2CCn3c(C(=O)c4ccc(F)cc4C(F)(F)F)cnc3C2)c(Cl)c1=O. The van der Waals surface area contributed by atoms with Crippen LogP contribution in [0.4, 0.5) is 28.0 Å². The van der Waals surface area contributed by atoms with Crippen LogP contribution in [0.5, 0.6) is 0 Å². The van der Waals surface area contributed by atoms with Gasteiger partial charge in [-0.15, -0.1) is 0 Å². The number of amides is 1. The van der Waals surface area contributed by atoms with E-state index in [1.54, 1.807) is 39.5 Å². The predicted molar refractivity (Wildman–Crippen MR) is 156 cm³/mol. The molecule has 3 heterocycles. The number of alkyl halides is 3. The topological polar surface area (TPSA) is 138 Å². The molecule has 46 heavy (non-hydrogen) atoms. The Kier molecular flexibility index (Phi) is 9.80. The Labute approximate surface area is 265 Å². The Bertz CT molecular complexity index is 1720. The van der Waals surface area contributed by atoms with Crippen molar-refractivity contribution < 1.29 is 41.4 Å². The zero-order valence-corrected chi connectivity index (χ0v) is 26.2. The molecule has 1 aromatic carbocycles. The lowest BCUT2D eigenvalue weighted by molar-refractivity contribution is -0.151. The standard InChI is InChI=1S/C29H31ClF4N6O6/c1-15(2)23(37-27(44)46-28(3,4)5)26(43)45-14-40-25(42)22(30)19(12-36-40)38-8-9-39-20(11-35-21(39)13-38)24(41)17-7-6-16(31)10-18(17)29(32,33)34/h6-7,10-12,15,23H,8-9,13-14H2,1-5H3,(H,37,44). The van der Waals surface area contributed by atoms with E-state index in [2.05, 4.69) is 15.4 Å². The van der Waals surface area contributed by atoms with Crippen LogP contribution in [0.2, 0.25) is 5.02 Å². The van der Waals surface area contributed by atoms with Crippen LogP contribution in [0.3, 0.4) is 0 Å². The Morgan fingerprint density at radius 2 is 1.80 bits per heavy atom. The molecule has 4 rings (SSSR count). The second-order valence-electron chi connectivity index (χ2n) is 11.8. The van der Waals surface area contributed by atoms with Crippen LogP contribution in [0.1, 0.15) is 62.1 Å². The normalized spacial score (nSPS) is 14.1. The molecule has 0 saturated heterocycles. The van der Waals surface area contributed by atoms with Gasteiger partial charge in [0.1, 0.15) is 34.0 Å². The summed E-state index contributed by atoms with van der Waals surface area (Å²) in [5.74, 6) is -3.00. The Morgan fingerprint density at radius 1 is 1.11 bits per heavy atom. The van der Waals surface area contributed by atoms with E-state index in [9.17, 15) is 36.7 Å². The number of anilines is 1. The van der Waals surface area contributed by atoms with Crippen LogP contribution in [0.15, 0.2) is 35.4 Å². The van der Waals surface area contributed by atoms with Crippen molar-refractivity contribution in [1.82, 2.24) is 24.6 Å². The highest BCUT2D eigenvalue weighted by Crippen LogP contribution is 2.34. The summed E-state index contributed by atoms with van der Waals surface area (Å²) >= 11 is 6.38. The number of esters is 1. The molecular formula is C29H31ClF4N6O6. The van der Waals surface area contributed by atoms with Crippen molar-refractivity contribution in [2.75, 3.05) is 11.4 Å². The van der Waals surface area contributed by atoms with E-state index in [0.717, 1.165) is 23.0 Å². The fourth-order valence-corrected chi connectivity index (χ4v) is 4.92. The number of carbonyl (C=O) groups is 3. The molecule has 17 heteroatoms. The van der Waals surface area contributed by atoms with Crippen LogP contribution in [-0.2, 0) is 40.3 Å². The van der Waals surface area contributed by atoms with Crippen LogP contribution >= 0.6 is 11.6 Å². The van der Waals surface area contributed by atoms with E-state index >= 15 is 0 Å². The van der Waals surface area contributed by atoms with Gasteiger partial charge in [0, 0.05) is 18.7 Å². The quantitative estimate of drug-likeness (QED) is 0.208. The predicted octanol–water partition coefficient (Wildman–Crippen LogP) is 4.55. The number of imidazole rings is 1. The number of fused-ring (bicyclic) bond motifs is 1. The lowest BCUT2D eigenvalue weighted by Gasteiger charge is -2.30. The molecule has 0 aliphatic carbocycles. The number of halogens is 5. The molecule has 0 bridgehead atoms. The van der Waals surface area contributed by atoms with Gasteiger partial charge in [0.05, 0.1) is 30.2 Å². The average molecular weight is 671 g/mol. The minimum absolute atomic E-state index is 0.0229. The number of hydrogen-bond donors (Lipinski definition) is 1. The largest absolute Gasteiger partial charge is 0.444 e. The lowest BCUT2D eigenvalue weighted by atomic mass is 10.0. The van der Waals surface area contributed by atoms with Gasteiger partial charge >= 0.3 is 18.2 Å². The first-order valence-electron chi connectivity index (χ1n) is 14.0. The molecule has 0 radical (unpaired) electrons. The van der Waals surface area contributed by atoms with Gasteiger partial charge in [-0.1, -0.05) is 25.4 Å². The first-order chi connectivity index (χ1) is 21.4. The Hall–Kier alpha value is -4.47. The number of nitrogens with zero attached hydrogens (tertiary/aromatic N) is 5. The van der Waals surface area contributed by atoms with Gasteiger partial charge in [0.25, 0.3) is 5.56 Å². The summed E-state index contributed by atoms with van der Waals surface area (Å²) in [5, 5.41) is 6.24. The van der Waals surface area contributed by atoms with Crippen LogP contribution in [0, 0.1) is 11.7 Å². The van der Waals surface area contributed by atoms with E-state index in [1.807, 2.05) is 0 Å². The van der Waals surface area contributed by atoms with Gasteiger partial charge in [-0.2, -0.15) is 23.0 Å². The molecule has 0 spiro atoms. The van der Waals surface area contributed by atoms with Gasteiger partial charge in [-0.05, 0) is 44.9 Å². The van der Waals surface area contributed by atoms with Crippen molar-refractivity contribution in [3.8, 4) is 0 Å². The summed E-state index contributed by atoms with van der Waals surface area (Å²) in [6.07, 6.45) is -3.36. The summed E-state index contributed by atoms with van der Waals surface area (Å²) in [7, 11) is 0. The zero-order chi connectivity index (χ0) is 34.1. The van der Waals surface area contributed by atoms with E-state index in [0.29, 0.717) is 5.82 Å². The minimum atomic E-state index is -4.95. The molecule has 1 unspecified atom stereocenters. The number of alkyl carbamates (subject to hydrolysis) is 1. The molecule has 0 saturated carbocycles. The fourth-order valence-electron chi connectivity index (χ4n) is 4.65. The van der Waals surface area contributed by atoms with Crippen molar-refractivity contribution in [3.63, 3.8) is 0 Å². The second kappa shape index (κ2) is 13.1. The van der Waals surface area contributed by atoms with Crippen molar-refractivity contribution >= 4 is 35.1 Å². The fraction of sp³-hybridized carbons (Fsp3) is 0.448. The molecule has 0 fully saturated rings. The number of hydrogen-bond acceptors (Lipinski definition) is 9. The summed E-state index contributed by atoms with van der Waals surface area (Å²) in [6.45, 7) is 8.07. The monoisotopic (exact) mass is 670 g/mol. The number of aromatic nitrogens is 4. The zero-order valence-electron chi connectivity index (χ0n) is 25.4. The van der Waals surface area contributed by atoms with Gasteiger partial charge < -0.3 is 24.3 Å². The Balaban J connectivity index is 1.47. The second-order valence-corrected chi connectivity index (χ2v) is 12.1. The van der Waals surface area contributed by atoms with Crippen LogP contribution in [-0.4, -0.2) is 55.4 Å².